The highest BCUT2D eigenvalue weighted by Crippen LogP contribution is 2.26. The first-order valence-corrected chi connectivity index (χ1v) is 7.16. The Bertz CT molecular complexity index is 659. The molecule has 2 heterocycles. The summed E-state index contributed by atoms with van der Waals surface area (Å²) < 4.78 is 15.9. The summed E-state index contributed by atoms with van der Waals surface area (Å²) in [6.45, 7) is 4.61. The predicted molar refractivity (Wildman–Crippen MR) is 83.1 cm³/mol. The SMILES string of the molecule is CCOc1cc(COC(N)=O)cnc1OCc1ccc(C)nc1. The Kier molecular flexibility index (Phi) is 5.74. The number of hydrogen-bond donors (Lipinski definition) is 1. The van der Waals surface area contributed by atoms with Crippen molar-refractivity contribution in [3.8, 4) is 11.6 Å². The van der Waals surface area contributed by atoms with E-state index in [9.17, 15) is 4.79 Å². The highest BCUT2D eigenvalue weighted by molar-refractivity contribution is 5.64. The second-order valence-corrected chi connectivity index (χ2v) is 4.78. The third kappa shape index (κ3) is 5.14. The number of nitrogens with zero attached hydrogens (tertiary/aromatic N) is 2. The third-order valence-corrected chi connectivity index (χ3v) is 2.90. The van der Waals surface area contributed by atoms with Crippen molar-refractivity contribution < 1.29 is 19.0 Å². The molecule has 2 aromatic heterocycles. The number of nitrogens with two attached hydrogens (primary N) is 1. The van der Waals surface area contributed by atoms with E-state index in [0.717, 1.165) is 11.3 Å². The van der Waals surface area contributed by atoms with Crippen molar-refractivity contribution in [2.75, 3.05) is 6.61 Å². The molecule has 122 valence electrons. The number of aryl methyl sites for hydroxylation is 1. The van der Waals surface area contributed by atoms with Gasteiger partial charge >= 0.3 is 6.09 Å². The Morgan fingerprint density at radius 1 is 1.13 bits per heavy atom. The molecule has 0 spiro atoms. The average Bonchev–Trinajstić information content (AvgIpc) is 2.54. The molecule has 2 aromatic rings. The molecule has 0 saturated heterocycles. The maximum absolute atomic E-state index is 10.7. The van der Waals surface area contributed by atoms with Gasteiger partial charge in [0.1, 0.15) is 13.2 Å². The summed E-state index contributed by atoms with van der Waals surface area (Å²) >= 11 is 0. The molecule has 2 rings (SSSR count). The van der Waals surface area contributed by atoms with E-state index in [-0.39, 0.29) is 6.61 Å². The minimum absolute atomic E-state index is 0.0323. The molecule has 2 N–H and O–H groups in total. The maximum Gasteiger partial charge on any atom is 0.404 e. The van der Waals surface area contributed by atoms with Gasteiger partial charge in [0.2, 0.25) is 0 Å². The van der Waals surface area contributed by atoms with E-state index in [1.165, 1.54) is 0 Å². The second-order valence-electron chi connectivity index (χ2n) is 4.78. The smallest absolute Gasteiger partial charge is 0.404 e. The Morgan fingerprint density at radius 3 is 2.57 bits per heavy atom. The van der Waals surface area contributed by atoms with Gasteiger partial charge in [-0.1, -0.05) is 6.07 Å². The zero-order valence-corrected chi connectivity index (χ0v) is 13.1. The van der Waals surface area contributed by atoms with Crippen LogP contribution in [-0.2, 0) is 18.0 Å². The number of primary amides is 1. The van der Waals surface area contributed by atoms with Gasteiger partial charge < -0.3 is 19.9 Å². The van der Waals surface area contributed by atoms with Crippen molar-refractivity contribution >= 4 is 6.09 Å². The Hall–Kier alpha value is -2.83. The summed E-state index contributed by atoms with van der Waals surface area (Å²) in [6, 6.07) is 5.57. The molecular weight excluding hydrogens is 298 g/mol. The molecule has 1 amide bonds. The molecule has 0 aliphatic rings. The van der Waals surface area contributed by atoms with Crippen LogP contribution in [-0.4, -0.2) is 22.7 Å². The van der Waals surface area contributed by atoms with Gasteiger partial charge in [-0.25, -0.2) is 9.78 Å². The van der Waals surface area contributed by atoms with Crippen LogP contribution in [0.1, 0.15) is 23.7 Å². The van der Waals surface area contributed by atoms with Gasteiger partial charge in [0.15, 0.2) is 5.75 Å². The summed E-state index contributed by atoms with van der Waals surface area (Å²) in [7, 11) is 0. The Balaban J connectivity index is 2.07. The van der Waals surface area contributed by atoms with Gasteiger partial charge in [-0.2, -0.15) is 0 Å². The van der Waals surface area contributed by atoms with Crippen LogP contribution >= 0.6 is 0 Å². The van der Waals surface area contributed by atoms with Gasteiger partial charge in [-0.05, 0) is 26.0 Å². The van der Waals surface area contributed by atoms with E-state index >= 15 is 0 Å². The molecule has 0 atom stereocenters. The lowest BCUT2D eigenvalue weighted by atomic mass is 10.2. The monoisotopic (exact) mass is 317 g/mol. The topological polar surface area (TPSA) is 96.6 Å². The molecule has 0 aliphatic heterocycles. The highest BCUT2D eigenvalue weighted by atomic mass is 16.5. The molecular formula is C16H19N3O4. The van der Waals surface area contributed by atoms with Crippen LogP contribution in [0.4, 0.5) is 4.79 Å². The normalized spacial score (nSPS) is 10.2. The summed E-state index contributed by atoms with van der Waals surface area (Å²) in [5.74, 6) is 0.855. The van der Waals surface area contributed by atoms with Crippen LogP contribution < -0.4 is 15.2 Å². The fourth-order valence-corrected chi connectivity index (χ4v) is 1.81. The van der Waals surface area contributed by atoms with Crippen LogP contribution in [0, 0.1) is 6.92 Å². The number of carbonyl (C=O) groups excluding carboxylic acids is 1. The van der Waals surface area contributed by atoms with Crippen molar-refractivity contribution in [2.24, 2.45) is 5.73 Å². The van der Waals surface area contributed by atoms with E-state index in [4.69, 9.17) is 19.9 Å². The number of pyridine rings is 2. The molecule has 0 unspecified atom stereocenters. The summed E-state index contributed by atoms with van der Waals surface area (Å²) in [5, 5.41) is 0. The van der Waals surface area contributed by atoms with Crippen LogP contribution in [0.2, 0.25) is 0 Å². The first-order valence-electron chi connectivity index (χ1n) is 7.16. The van der Waals surface area contributed by atoms with E-state index in [2.05, 4.69) is 9.97 Å². The largest absolute Gasteiger partial charge is 0.488 e. The van der Waals surface area contributed by atoms with E-state index in [1.54, 1.807) is 18.5 Å². The van der Waals surface area contributed by atoms with E-state index in [0.29, 0.717) is 30.4 Å². The maximum atomic E-state index is 10.7. The first-order chi connectivity index (χ1) is 11.1. The molecule has 0 aliphatic carbocycles. The summed E-state index contributed by atoms with van der Waals surface area (Å²) in [5.41, 5.74) is 7.49. The Morgan fingerprint density at radius 2 is 1.91 bits per heavy atom. The van der Waals surface area contributed by atoms with Crippen LogP contribution in [0.3, 0.4) is 0 Å². The number of ether oxygens (including phenoxy) is 3. The van der Waals surface area contributed by atoms with Crippen LogP contribution in [0.15, 0.2) is 30.6 Å². The minimum Gasteiger partial charge on any atom is -0.488 e. The minimum atomic E-state index is -0.838. The molecule has 23 heavy (non-hydrogen) atoms. The summed E-state index contributed by atoms with van der Waals surface area (Å²) in [6.07, 6.45) is 2.47. The van der Waals surface area contributed by atoms with E-state index in [1.807, 2.05) is 26.0 Å². The average molecular weight is 317 g/mol. The number of amides is 1. The summed E-state index contributed by atoms with van der Waals surface area (Å²) in [4.78, 5) is 19.1. The van der Waals surface area contributed by atoms with Crippen molar-refractivity contribution in [3.05, 3.63) is 47.4 Å². The van der Waals surface area contributed by atoms with Gasteiger partial charge in [-0.15, -0.1) is 0 Å². The standard InChI is InChI=1S/C16H19N3O4/c1-3-21-14-6-13(10-23-16(17)20)8-19-15(14)22-9-12-5-4-11(2)18-7-12/h4-8H,3,9-10H2,1-2H3,(H2,17,20). The zero-order valence-electron chi connectivity index (χ0n) is 13.1. The zero-order chi connectivity index (χ0) is 16.7. The number of carbonyl (C=O) groups is 1. The van der Waals surface area contributed by atoms with Gasteiger partial charge in [0.05, 0.1) is 6.61 Å². The van der Waals surface area contributed by atoms with Crippen molar-refractivity contribution in [1.82, 2.24) is 9.97 Å². The number of aromatic nitrogens is 2. The van der Waals surface area contributed by atoms with Gasteiger partial charge in [-0.3, -0.25) is 4.98 Å². The Labute approximate surface area is 134 Å². The lowest BCUT2D eigenvalue weighted by molar-refractivity contribution is 0.150. The fraction of sp³-hybridized carbons (Fsp3) is 0.312. The van der Waals surface area contributed by atoms with E-state index < -0.39 is 6.09 Å². The third-order valence-electron chi connectivity index (χ3n) is 2.90. The molecule has 7 nitrogen and oxygen atoms in total. The quantitative estimate of drug-likeness (QED) is 0.842. The molecule has 0 radical (unpaired) electrons. The number of hydrogen-bond acceptors (Lipinski definition) is 6. The lowest BCUT2D eigenvalue weighted by Gasteiger charge is -2.12. The first kappa shape index (κ1) is 16.5. The second kappa shape index (κ2) is 7.98. The highest BCUT2D eigenvalue weighted by Gasteiger charge is 2.10. The van der Waals surface area contributed by atoms with Gasteiger partial charge in [0.25, 0.3) is 5.88 Å². The molecule has 0 aromatic carbocycles. The van der Waals surface area contributed by atoms with Crippen molar-refractivity contribution in [1.29, 1.82) is 0 Å². The molecule has 0 fully saturated rings. The van der Waals surface area contributed by atoms with Crippen molar-refractivity contribution in [3.63, 3.8) is 0 Å². The predicted octanol–water partition coefficient (Wildman–Crippen LogP) is 2.36. The fourth-order valence-electron chi connectivity index (χ4n) is 1.81. The van der Waals surface area contributed by atoms with Crippen LogP contribution in [0.25, 0.3) is 0 Å². The molecule has 0 bridgehead atoms. The molecule has 7 heteroatoms. The number of rotatable bonds is 7. The van der Waals surface area contributed by atoms with Crippen LogP contribution in [0.5, 0.6) is 11.6 Å². The van der Waals surface area contributed by atoms with Gasteiger partial charge in [0, 0.05) is 29.2 Å². The molecule has 0 saturated carbocycles. The van der Waals surface area contributed by atoms with Crippen molar-refractivity contribution in [2.45, 2.75) is 27.1 Å². The lowest BCUT2D eigenvalue weighted by Crippen LogP contribution is -2.13.